The topological polar surface area (TPSA) is 93.5 Å². The van der Waals surface area contributed by atoms with E-state index >= 15 is 0 Å². The fourth-order valence-electron chi connectivity index (χ4n) is 2.07. The van der Waals surface area contributed by atoms with Gasteiger partial charge in [0.1, 0.15) is 12.3 Å². The van der Waals surface area contributed by atoms with Crippen LogP contribution in [0.15, 0.2) is 41.0 Å². The first-order valence-electron chi connectivity index (χ1n) is 7.15. The fraction of sp³-hybridized carbons (Fsp3) is 0.312. The molecule has 0 radical (unpaired) electrons. The third-order valence-corrected chi connectivity index (χ3v) is 3.19. The lowest BCUT2D eigenvalue weighted by molar-refractivity contribution is -0.142. The Bertz CT molecular complexity index is 654. The summed E-state index contributed by atoms with van der Waals surface area (Å²) in [6.07, 6.45) is 1.60. The van der Waals surface area contributed by atoms with Crippen LogP contribution in [-0.4, -0.2) is 37.1 Å². The number of carbonyl (C=O) groups excluding carboxylic acids is 2. The summed E-state index contributed by atoms with van der Waals surface area (Å²) in [5.41, 5.74) is 1.04. The Morgan fingerprint density at radius 2 is 2.04 bits per heavy atom. The SMILES string of the molecule is CNCc1nc(C(=O)NC(Cc2ccccc2)C(=O)OC)co1. The number of carbonyl (C=O) groups is 2. The van der Waals surface area contributed by atoms with Gasteiger partial charge >= 0.3 is 5.97 Å². The van der Waals surface area contributed by atoms with Gasteiger partial charge in [0, 0.05) is 6.42 Å². The Kier molecular flexibility index (Phi) is 5.87. The second-order valence-electron chi connectivity index (χ2n) is 4.90. The summed E-state index contributed by atoms with van der Waals surface area (Å²) < 4.78 is 9.92. The summed E-state index contributed by atoms with van der Waals surface area (Å²) in [6.45, 7) is 0.414. The van der Waals surface area contributed by atoms with E-state index in [0.717, 1.165) is 5.56 Å². The minimum absolute atomic E-state index is 0.122. The molecule has 1 aromatic heterocycles. The number of esters is 1. The minimum Gasteiger partial charge on any atom is -0.467 e. The summed E-state index contributed by atoms with van der Waals surface area (Å²) in [7, 11) is 3.03. The lowest BCUT2D eigenvalue weighted by Crippen LogP contribution is -2.43. The molecule has 0 bridgehead atoms. The molecule has 2 aromatic rings. The summed E-state index contributed by atoms with van der Waals surface area (Å²) in [5, 5.41) is 5.51. The highest BCUT2D eigenvalue weighted by atomic mass is 16.5. The van der Waals surface area contributed by atoms with Crippen molar-refractivity contribution in [3.63, 3.8) is 0 Å². The van der Waals surface area contributed by atoms with Gasteiger partial charge in [-0.25, -0.2) is 9.78 Å². The number of amides is 1. The van der Waals surface area contributed by atoms with Gasteiger partial charge in [-0.05, 0) is 12.6 Å². The van der Waals surface area contributed by atoms with E-state index in [2.05, 4.69) is 15.6 Å². The largest absolute Gasteiger partial charge is 0.467 e. The van der Waals surface area contributed by atoms with Gasteiger partial charge < -0.3 is 19.8 Å². The van der Waals surface area contributed by atoms with Crippen LogP contribution in [0.4, 0.5) is 0 Å². The molecule has 2 rings (SSSR count). The van der Waals surface area contributed by atoms with Gasteiger partial charge in [-0.2, -0.15) is 0 Å². The highest BCUT2D eigenvalue weighted by molar-refractivity contribution is 5.95. The van der Waals surface area contributed by atoms with Crippen LogP contribution in [0.3, 0.4) is 0 Å². The lowest BCUT2D eigenvalue weighted by atomic mass is 10.1. The van der Waals surface area contributed by atoms with Crippen LogP contribution in [0.1, 0.15) is 21.9 Å². The van der Waals surface area contributed by atoms with E-state index in [-0.39, 0.29) is 5.69 Å². The van der Waals surface area contributed by atoms with Crippen molar-refractivity contribution in [2.24, 2.45) is 0 Å². The van der Waals surface area contributed by atoms with E-state index in [4.69, 9.17) is 9.15 Å². The number of ether oxygens (including phenoxy) is 1. The first-order chi connectivity index (χ1) is 11.1. The molecule has 2 N–H and O–H groups in total. The average molecular weight is 317 g/mol. The summed E-state index contributed by atoms with van der Waals surface area (Å²) in [6, 6.07) is 8.58. The molecule has 122 valence electrons. The number of methoxy groups -OCH3 is 1. The zero-order chi connectivity index (χ0) is 16.7. The van der Waals surface area contributed by atoms with Gasteiger partial charge in [-0.3, -0.25) is 4.79 Å². The number of hydrogen-bond donors (Lipinski definition) is 2. The smallest absolute Gasteiger partial charge is 0.328 e. The molecule has 0 aliphatic heterocycles. The molecule has 0 aliphatic rings. The second-order valence-corrected chi connectivity index (χ2v) is 4.90. The highest BCUT2D eigenvalue weighted by Gasteiger charge is 2.24. The zero-order valence-corrected chi connectivity index (χ0v) is 13.0. The number of nitrogens with one attached hydrogen (secondary N) is 2. The van der Waals surface area contributed by atoms with Crippen LogP contribution in [0.2, 0.25) is 0 Å². The molecule has 1 unspecified atom stereocenters. The Balaban J connectivity index is 2.07. The molecule has 1 aromatic carbocycles. The molecule has 0 spiro atoms. The number of rotatable bonds is 7. The van der Waals surface area contributed by atoms with Crippen molar-refractivity contribution in [2.45, 2.75) is 19.0 Å². The quantitative estimate of drug-likeness (QED) is 0.737. The van der Waals surface area contributed by atoms with Crippen molar-refractivity contribution in [3.05, 3.63) is 53.7 Å². The Labute approximate surface area is 134 Å². The van der Waals surface area contributed by atoms with Crippen LogP contribution in [-0.2, 0) is 22.5 Å². The summed E-state index contributed by atoms with van der Waals surface area (Å²) in [4.78, 5) is 28.2. The fourth-order valence-corrected chi connectivity index (χ4v) is 2.07. The second kappa shape index (κ2) is 8.09. The van der Waals surface area contributed by atoms with E-state index in [1.165, 1.54) is 13.4 Å². The van der Waals surface area contributed by atoms with Gasteiger partial charge in [0.25, 0.3) is 5.91 Å². The third-order valence-electron chi connectivity index (χ3n) is 3.19. The number of oxazole rings is 1. The molecule has 0 fully saturated rings. The predicted molar refractivity (Wildman–Crippen MR) is 82.7 cm³/mol. The maximum absolute atomic E-state index is 12.2. The Morgan fingerprint density at radius 3 is 2.70 bits per heavy atom. The van der Waals surface area contributed by atoms with Crippen molar-refractivity contribution >= 4 is 11.9 Å². The molecular formula is C16H19N3O4. The van der Waals surface area contributed by atoms with Crippen molar-refractivity contribution < 1.29 is 18.7 Å². The van der Waals surface area contributed by atoms with Crippen molar-refractivity contribution in [3.8, 4) is 0 Å². The summed E-state index contributed by atoms with van der Waals surface area (Å²) in [5.74, 6) is -0.598. The molecule has 7 nitrogen and oxygen atoms in total. The summed E-state index contributed by atoms with van der Waals surface area (Å²) >= 11 is 0. The van der Waals surface area contributed by atoms with Crippen LogP contribution in [0.25, 0.3) is 0 Å². The Morgan fingerprint density at radius 1 is 1.30 bits per heavy atom. The van der Waals surface area contributed by atoms with Crippen molar-refractivity contribution in [2.75, 3.05) is 14.2 Å². The molecule has 1 amide bonds. The molecule has 0 saturated heterocycles. The third kappa shape index (κ3) is 4.65. The molecule has 7 heteroatoms. The van der Waals surface area contributed by atoms with E-state index in [9.17, 15) is 9.59 Å². The first kappa shape index (κ1) is 16.7. The van der Waals surface area contributed by atoms with Gasteiger partial charge in [-0.1, -0.05) is 30.3 Å². The van der Waals surface area contributed by atoms with Gasteiger partial charge in [0.2, 0.25) is 5.89 Å². The van der Waals surface area contributed by atoms with Crippen LogP contribution in [0, 0.1) is 0 Å². The maximum atomic E-state index is 12.2. The number of aromatic nitrogens is 1. The van der Waals surface area contributed by atoms with Gasteiger partial charge in [0.05, 0.1) is 13.7 Å². The normalized spacial score (nSPS) is 11.7. The van der Waals surface area contributed by atoms with Gasteiger partial charge in [-0.15, -0.1) is 0 Å². The van der Waals surface area contributed by atoms with E-state index in [0.29, 0.717) is 18.9 Å². The van der Waals surface area contributed by atoms with E-state index < -0.39 is 17.9 Å². The van der Waals surface area contributed by atoms with Crippen molar-refractivity contribution in [1.29, 1.82) is 0 Å². The lowest BCUT2D eigenvalue weighted by Gasteiger charge is -2.15. The molecule has 1 atom stereocenters. The number of hydrogen-bond acceptors (Lipinski definition) is 6. The first-order valence-corrected chi connectivity index (χ1v) is 7.15. The molecular weight excluding hydrogens is 298 g/mol. The zero-order valence-electron chi connectivity index (χ0n) is 13.0. The van der Waals surface area contributed by atoms with Crippen molar-refractivity contribution in [1.82, 2.24) is 15.6 Å². The van der Waals surface area contributed by atoms with E-state index in [1.807, 2.05) is 30.3 Å². The molecule has 0 saturated carbocycles. The predicted octanol–water partition coefficient (Wildman–Crippen LogP) is 0.908. The van der Waals surface area contributed by atoms with E-state index in [1.54, 1.807) is 7.05 Å². The molecule has 0 aliphatic carbocycles. The number of nitrogens with zero attached hydrogens (tertiary/aromatic N) is 1. The van der Waals surface area contributed by atoms with Crippen LogP contribution in [0.5, 0.6) is 0 Å². The van der Waals surface area contributed by atoms with Crippen LogP contribution >= 0.6 is 0 Å². The van der Waals surface area contributed by atoms with Crippen LogP contribution < -0.4 is 10.6 Å². The highest BCUT2D eigenvalue weighted by Crippen LogP contribution is 2.07. The average Bonchev–Trinajstić information content (AvgIpc) is 3.03. The van der Waals surface area contributed by atoms with Gasteiger partial charge in [0.15, 0.2) is 5.69 Å². The number of benzene rings is 1. The Hall–Kier alpha value is -2.67. The monoisotopic (exact) mass is 317 g/mol. The molecule has 23 heavy (non-hydrogen) atoms. The maximum Gasteiger partial charge on any atom is 0.328 e. The standard InChI is InChI=1S/C16H19N3O4/c1-17-9-14-18-13(10-23-14)15(20)19-12(16(21)22-2)8-11-6-4-3-5-7-11/h3-7,10,12,17H,8-9H2,1-2H3,(H,19,20). The molecule has 1 heterocycles. The minimum atomic E-state index is -0.792.